The molecule has 5 rings (SSSR count). The Kier molecular flexibility index (Phi) is 6.82. The van der Waals surface area contributed by atoms with Crippen LogP contribution in [0.15, 0.2) is 77.6 Å². The molecule has 3 aromatic carbocycles. The molecule has 178 valence electrons. The number of ether oxygens (including phenoxy) is 2. The fourth-order valence-electron chi connectivity index (χ4n) is 4.09. The molecule has 0 aliphatic rings. The summed E-state index contributed by atoms with van der Waals surface area (Å²) >= 11 is 1.41. The number of rotatable bonds is 9. The minimum Gasteiger partial charge on any atom is -0.493 e. The number of fused-ring (bicyclic) bond motifs is 3. The molecule has 0 spiro atoms. The quantitative estimate of drug-likeness (QED) is 0.248. The first kappa shape index (κ1) is 23.1. The molecule has 0 bridgehead atoms. The Hall–Kier alpha value is -3.64. The summed E-state index contributed by atoms with van der Waals surface area (Å²) in [4.78, 5) is 18.2. The largest absolute Gasteiger partial charge is 0.493 e. The lowest BCUT2D eigenvalue weighted by molar-refractivity contribution is 0.245. The van der Waals surface area contributed by atoms with Crippen LogP contribution in [0.5, 0.6) is 11.5 Å². The maximum Gasteiger partial charge on any atom is 0.274 e. The molecule has 0 saturated heterocycles. The highest BCUT2D eigenvalue weighted by molar-refractivity contribution is 7.15. The number of thiazole rings is 1. The van der Waals surface area contributed by atoms with Crippen molar-refractivity contribution in [3.05, 3.63) is 98.8 Å². The molecule has 0 radical (unpaired) electrons. The van der Waals surface area contributed by atoms with E-state index < -0.39 is 0 Å². The summed E-state index contributed by atoms with van der Waals surface area (Å²) in [6, 6.07) is 23.8. The average molecular weight is 485 g/mol. The Balaban J connectivity index is 1.19. The van der Waals surface area contributed by atoms with Crippen LogP contribution in [-0.4, -0.2) is 22.6 Å². The van der Waals surface area contributed by atoms with Crippen LogP contribution in [0.3, 0.4) is 0 Å². The van der Waals surface area contributed by atoms with Gasteiger partial charge < -0.3 is 9.47 Å². The Bertz CT molecular complexity index is 1550. The van der Waals surface area contributed by atoms with E-state index in [-0.39, 0.29) is 5.56 Å². The summed E-state index contributed by atoms with van der Waals surface area (Å²) in [6.45, 7) is 5.61. The van der Waals surface area contributed by atoms with Gasteiger partial charge in [0.1, 0.15) is 11.5 Å². The minimum absolute atomic E-state index is 0.0334. The van der Waals surface area contributed by atoms with Crippen molar-refractivity contribution in [2.75, 3.05) is 13.2 Å². The number of benzene rings is 3. The van der Waals surface area contributed by atoms with E-state index in [9.17, 15) is 4.79 Å². The van der Waals surface area contributed by atoms with E-state index >= 15 is 0 Å². The van der Waals surface area contributed by atoms with Crippen molar-refractivity contribution >= 4 is 33.4 Å². The Morgan fingerprint density at radius 2 is 1.71 bits per heavy atom. The minimum atomic E-state index is -0.0334. The number of hydrogen-bond acceptors (Lipinski definition) is 5. The standard InChI is InChI=1S/C29H28N2O3S/c1-3-20(2)23-9-4-7-12-26(23)34-18-8-17-33-22-15-13-21(14-16-22)19-27-28(32)31-25-11-6-5-10-24(25)30-29(31)35-27/h4-7,9-16,19-20H,3,8,17-18H2,1-2H3/b27-19-/t20-/m1/s1. The van der Waals surface area contributed by atoms with Gasteiger partial charge >= 0.3 is 0 Å². The summed E-state index contributed by atoms with van der Waals surface area (Å²) in [5, 5.41) is 0. The van der Waals surface area contributed by atoms with E-state index in [4.69, 9.17) is 9.47 Å². The van der Waals surface area contributed by atoms with E-state index in [2.05, 4.69) is 31.0 Å². The van der Waals surface area contributed by atoms with Crippen molar-refractivity contribution < 1.29 is 9.47 Å². The van der Waals surface area contributed by atoms with Gasteiger partial charge in [-0.1, -0.05) is 67.6 Å². The second-order valence-corrected chi connectivity index (χ2v) is 9.61. The van der Waals surface area contributed by atoms with Crippen LogP contribution in [0.4, 0.5) is 0 Å². The van der Waals surface area contributed by atoms with Crippen LogP contribution >= 0.6 is 11.3 Å². The zero-order valence-electron chi connectivity index (χ0n) is 19.9. The van der Waals surface area contributed by atoms with E-state index in [1.54, 1.807) is 4.40 Å². The van der Waals surface area contributed by atoms with Gasteiger partial charge in [0.15, 0.2) is 4.96 Å². The number of imidazole rings is 1. The van der Waals surface area contributed by atoms with Crippen LogP contribution < -0.4 is 19.6 Å². The predicted octanol–water partition coefficient (Wildman–Crippen LogP) is 5.82. The molecule has 2 aromatic heterocycles. The molecule has 2 heterocycles. The normalized spacial score (nSPS) is 12.9. The Morgan fingerprint density at radius 1 is 0.971 bits per heavy atom. The number of para-hydroxylation sites is 3. The molecule has 0 aliphatic carbocycles. The summed E-state index contributed by atoms with van der Waals surface area (Å²) in [5.74, 6) is 2.25. The monoisotopic (exact) mass is 484 g/mol. The van der Waals surface area contributed by atoms with E-state index in [0.29, 0.717) is 23.7 Å². The van der Waals surface area contributed by atoms with Gasteiger partial charge in [-0.15, -0.1) is 0 Å². The van der Waals surface area contributed by atoms with Crippen LogP contribution in [0.2, 0.25) is 0 Å². The third-order valence-electron chi connectivity index (χ3n) is 6.20. The molecule has 0 saturated carbocycles. The summed E-state index contributed by atoms with van der Waals surface area (Å²) in [7, 11) is 0. The lowest BCUT2D eigenvalue weighted by Gasteiger charge is -2.15. The highest BCUT2D eigenvalue weighted by Crippen LogP contribution is 2.28. The van der Waals surface area contributed by atoms with Crippen molar-refractivity contribution in [2.24, 2.45) is 0 Å². The molecular weight excluding hydrogens is 456 g/mol. The zero-order chi connectivity index (χ0) is 24.2. The van der Waals surface area contributed by atoms with Crippen molar-refractivity contribution in [1.29, 1.82) is 0 Å². The van der Waals surface area contributed by atoms with E-state index in [1.807, 2.05) is 66.7 Å². The average Bonchev–Trinajstić information content (AvgIpc) is 3.40. The highest BCUT2D eigenvalue weighted by Gasteiger charge is 2.11. The number of nitrogens with zero attached hydrogens (tertiary/aromatic N) is 2. The molecule has 0 unspecified atom stereocenters. The molecule has 5 nitrogen and oxygen atoms in total. The molecule has 0 amide bonds. The third kappa shape index (κ3) is 4.93. The first-order valence-electron chi connectivity index (χ1n) is 12.0. The fraction of sp³-hybridized carbons (Fsp3) is 0.241. The Labute approximate surface area is 208 Å². The van der Waals surface area contributed by atoms with Crippen molar-refractivity contribution in [1.82, 2.24) is 9.38 Å². The topological polar surface area (TPSA) is 52.8 Å². The van der Waals surface area contributed by atoms with Gasteiger partial charge in [-0.05, 0) is 59.9 Å². The van der Waals surface area contributed by atoms with Gasteiger partial charge in [0.2, 0.25) is 0 Å². The summed E-state index contributed by atoms with van der Waals surface area (Å²) in [6.07, 6.45) is 3.79. The third-order valence-corrected chi connectivity index (χ3v) is 7.17. The summed E-state index contributed by atoms with van der Waals surface area (Å²) in [5.41, 5.74) is 3.87. The molecule has 0 N–H and O–H groups in total. The lowest BCUT2D eigenvalue weighted by atomic mass is 9.98. The molecule has 0 aliphatic heterocycles. The predicted molar refractivity (Wildman–Crippen MR) is 143 cm³/mol. The maximum absolute atomic E-state index is 12.9. The second kappa shape index (κ2) is 10.3. The van der Waals surface area contributed by atoms with Crippen LogP contribution in [0.1, 0.15) is 43.7 Å². The first-order valence-corrected chi connectivity index (χ1v) is 12.8. The number of aromatic nitrogens is 2. The van der Waals surface area contributed by atoms with Crippen molar-refractivity contribution in [3.63, 3.8) is 0 Å². The fourth-order valence-corrected chi connectivity index (χ4v) is 5.08. The Morgan fingerprint density at radius 3 is 2.54 bits per heavy atom. The van der Waals surface area contributed by atoms with Crippen LogP contribution in [-0.2, 0) is 0 Å². The highest BCUT2D eigenvalue weighted by atomic mass is 32.1. The van der Waals surface area contributed by atoms with Gasteiger partial charge in [-0.3, -0.25) is 4.79 Å². The molecule has 35 heavy (non-hydrogen) atoms. The smallest absolute Gasteiger partial charge is 0.274 e. The van der Waals surface area contributed by atoms with Gasteiger partial charge in [0, 0.05) is 6.42 Å². The zero-order valence-corrected chi connectivity index (χ0v) is 20.8. The molecular formula is C29H28N2O3S. The van der Waals surface area contributed by atoms with Crippen LogP contribution in [0, 0.1) is 0 Å². The van der Waals surface area contributed by atoms with Gasteiger partial charge in [0.25, 0.3) is 5.56 Å². The molecule has 0 fully saturated rings. The van der Waals surface area contributed by atoms with Gasteiger partial charge in [-0.2, -0.15) is 0 Å². The van der Waals surface area contributed by atoms with Crippen molar-refractivity contribution in [2.45, 2.75) is 32.6 Å². The van der Waals surface area contributed by atoms with Gasteiger partial charge in [-0.25, -0.2) is 9.38 Å². The second-order valence-electron chi connectivity index (χ2n) is 8.60. The van der Waals surface area contributed by atoms with Crippen molar-refractivity contribution in [3.8, 4) is 11.5 Å². The van der Waals surface area contributed by atoms with Crippen LogP contribution in [0.25, 0.3) is 22.1 Å². The number of hydrogen-bond donors (Lipinski definition) is 0. The van der Waals surface area contributed by atoms with E-state index in [0.717, 1.165) is 45.9 Å². The molecule has 5 aromatic rings. The maximum atomic E-state index is 12.9. The summed E-state index contributed by atoms with van der Waals surface area (Å²) < 4.78 is 14.3. The molecule has 1 atom stereocenters. The molecule has 6 heteroatoms. The van der Waals surface area contributed by atoms with Gasteiger partial charge in [0.05, 0.1) is 28.8 Å². The van der Waals surface area contributed by atoms with E-state index in [1.165, 1.54) is 16.9 Å². The SMILES string of the molecule is CC[C@@H](C)c1ccccc1OCCCOc1ccc(/C=c2\sc3nc4ccccc4n3c2=O)cc1. The lowest BCUT2D eigenvalue weighted by Crippen LogP contribution is -2.22. The first-order chi connectivity index (χ1) is 17.1.